The molecule has 3 aliphatic carbocycles. The molecule has 2 aromatic heterocycles. The van der Waals surface area contributed by atoms with Gasteiger partial charge >= 0.3 is 79.1 Å². The number of benzene rings is 2. The Morgan fingerprint density at radius 3 is 1.41 bits per heavy atom. The van der Waals surface area contributed by atoms with Crippen molar-refractivity contribution in [3.63, 3.8) is 0 Å². The van der Waals surface area contributed by atoms with Gasteiger partial charge in [-0.3, -0.25) is 9.97 Å². The van der Waals surface area contributed by atoms with E-state index in [2.05, 4.69) is 38.5 Å². The predicted molar refractivity (Wildman–Crippen MR) is 194 cm³/mol. The molecule has 2 nitrogen and oxygen atoms in total. The fourth-order valence-electron chi connectivity index (χ4n) is 7.63. The monoisotopic (exact) mass is 735 g/mol. The molecule has 0 aliphatic heterocycles. The van der Waals surface area contributed by atoms with Gasteiger partial charge in [-0.05, 0) is 89.2 Å². The minimum Gasteiger partial charge on any atom is -0.254 e. The van der Waals surface area contributed by atoms with Gasteiger partial charge in [0.25, 0.3) is 0 Å². The number of aromatic nitrogens is 2. The van der Waals surface area contributed by atoms with Gasteiger partial charge in [-0.1, -0.05) is 43.5 Å². The molecule has 0 amide bonds. The van der Waals surface area contributed by atoms with Crippen molar-refractivity contribution in [2.45, 2.75) is 113 Å². The van der Waals surface area contributed by atoms with Gasteiger partial charge in [0.05, 0.1) is 28.0 Å². The molecule has 0 unspecified atom stereocenters. The van der Waals surface area contributed by atoms with Crippen LogP contribution in [0.1, 0.15) is 102 Å². The number of fused-ring (bicyclic) bond motifs is 3. The van der Waals surface area contributed by atoms with Gasteiger partial charge in [-0.15, -0.1) is 0 Å². The standard InChI is InChI=1S/C18H33P.C12H8N2.C8H6.2ClH.Ru/c1-4-10-16(11-5-1)19(17-12-6-2-7-13-17)18-14-8-3-9-15-18;1-3-9-5-6-10-4-2-8-14-12(10)11(9)13-7-1;1-2-8-6-4-3-5-7-8;;;/h16-18H,1-15H2;1-8H;2-7H;2*1H;/q;;;;;+2/p-1. The van der Waals surface area contributed by atoms with E-state index < -0.39 is 13.5 Å². The summed E-state index contributed by atoms with van der Waals surface area (Å²) < 4.78 is 2.91. The van der Waals surface area contributed by atoms with Gasteiger partial charge in [0.2, 0.25) is 0 Å². The van der Waals surface area contributed by atoms with Crippen LogP contribution < -0.4 is 0 Å². The molecule has 2 aromatic carbocycles. The molecule has 4 aromatic rings. The van der Waals surface area contributed by atoms with Crippen LogP contribution in [0.5, 0.6) is 0 Å². The zero-order chi connectivity index (χ0) is 30.4. The predicted octanol–water partition coefficient (Wildman–Crippen LogP) is 12.0. The molecule has 236 valence electrons. The summed E-state index contributed by atoms with van der Waals surface area (Å²) in [5, 5.41) is 2.28. The van der Waals surface area contributed by atoms with E-state index in [0.29, 0.717) is 0 Å². The molecule has 0 spiro atoms. The molecule has 0 saturated heterocycles. The first-order valence-electron chi connectivity index (χ1n) is 16.8. The van der Waals surface area contributed by atoms with E-state index in [1.54, 1.807) is 109 Å². The summed E-state index contributed by atoms with van der Waals surface area (Å²) >= 11 is -1.74. The zero-order valence-electron chi connectivity index (χ0n) is 25.9. The molecule has 0 atom stereocenters. The minimum atomic E-state index is -1.74. The van der Waals surface area contributed by atoms with Crippen molar-refractivity contribution < 1.29 is 13.5 Å². The number of hydrogen-bond acceptors (Lipinski definition) is 2. The Bertz CT molecular complexity index is 1390. The van der Waals surface area contributed by atoms with Gasteiger partial charge in [0.1, 0.15) is 0 Å². The van der Waals surface area contributed by atoms with Gasteiger partial charge in [-0.2, -0.15) is 0 Å². The Morgan fingerprint density at radius 1 is 0.568 bits per heavy atom. The number of hydrogen-bond donors (Lipinski definition) is 0. The maximum absolute atomic E-state index is 5.59. The molecule has 6 heteroatoms. The van der Waals surface area contributed by atoms with E-state index in [1.165, 1.54) is 17.0 Å². The van der Waals surface area contributed by atoms with E-state index in [4.69, 9.17) is 19.4 Å². The molecule has 44 heavy (non-hydrogen) atoms. The van der Waals surface area contributed by atoms with E-state index >= 15 is 0 Å². The smallest absolute Gasteiger partial charge is 0.0964 e. The van der Waals surface area contributed by atoms with Crippen LogP contribution >= 0.6 is 27.3 Å². The second kappa shape index (κ2) is 18.6. The third kappa shape index (κ3) is 10.3. The van der Waals surface area contributed by atoms with E-state index in [9.17, 15) is 0 Å². The summed E-state index contributed by atoms with van der Waals surface area (Å²) in [6, 6.07) is 22.0. The number of halogens is 2. The van der Waals surface area contributed by atoms with Crippen LogP contribution in [0.3, 0.4) is 0 Å². The molecule has 2 heterocycles. The Morgan fingerprint density at radius 2 is 1.00 bits per heavy atom. The zero-order valence-corrected chi connectivity index (χ0v) is 30.2. The van der Waals surface area contributed by atoms with Crippen molar-refractivity contribution in [1.29, 1.82) is 0 Å². The molecule has 3 saturated carbocycles. The Hall–Kier alpha value is -1.46. The van der Waals surface area contributed by atoms with Crippen LogP contribution in [0, 0.1) is 0 Å². The summed E-state index contributed by atoms with van der Waals surface area (Å²) in [5.74, 6) is 0. The van der Waals surface area contributed by atoms with Crippen molar-refractivity contribution >= 4 is 59.5 Å². The average molecular weight is 736 g/mol. The molecular formula is C38H48Cl2N2PRu+. The normalized spacial score (nSPS) is 18.5. The van der Waals surface area contributed by atoms with Gasteiger partial charge < -0.3 is 0 Å². The third-order valence-corrected chi connectivity index (χ3v) is 15.8. The number of pyridine rings is 2. The summed E-state index contributed by atoms with van der Waals surface area (Å²) in [4.78, 5) is 8.69. The van der Waals surface area contributed by atoms with Crippen LogP contribution in [0.25, 0.3) is 27.9 Å². The molecule has 3 fully saturated rings. The minimum absolute atomic E-state index is 0.0465. The van der Waals surface area contributed by atoms with Crippen LogP contribution in [-0.4, -0.2) is 31.2 Å². The van der Waals surface area contributed by atoms with E-state index in [0.717, 1.165) is 27.4 Å². The summed E-state index contributed by atoms with van der Waals surface area (Å²) in [6.07, 6.45) is 29.2. The van der Waals surface area contributed by atoms with Crippen molar-refractivity contribution in [3.8, 4) is 0 Å². The van der Waals surface area contributed by atoms with E-state index in [1.807, 2.05) is 48.5 Å². The first kappa shape index (κ1) is 33.9. The molecule has 0 radical (unpaired) electrons. The van der Waals surface area contributed by atoms with E-state index in [-0.39, 0.29) is 7.92 Å². The average Bonchev–Trinajstić information content (AvgIpc) is 3.10. The number of rotatable bonds is 4. The van der Waals surface area contributed by atoms with Crippen LogP contribution in [-0.2, 0) is 13.5 Å². The quantitative estimate of drug-likeness (QED) is 0.118. The van der Waals surface area contributed by atoms with Gasteiger partial charge in [0.15, 0.2) is 0 Å². The van der Waals surface area contributed by atoms with Crippen molar-refractivity contribution in [2.24, 2.45) is 0 Å². The maximum Gasteiger partial charge on any atom is 0.0964 e. The topological polar surface area (TPSA) is 25.8 Å². The summed E-state index contributed by atoms with van der Waals surface area (Å²) in [5.41, 5.74) is 6.73. The first-order chi connectivity index (χ1) is 21.7. The molecule has 7 rings (SSSR count). The van der Waals surface area contributed by atoms with Crippen LogP contribution in [0.4, 0.5) is 0 Å². The maximum atomic E-state index is 5.59. The number of nitrogens with zero attached hydrogens (tertiary/aromatic N) is 2. The van der Waals surface area contributed by atoms with Gasteiger partial charge in [0, 0.05) is 31.1 Å². The molecule has 0 N–H and O–H groups in total. The second-order valence-electron chi connectivity index (χ2n) is 12.6. The molecule has 0 bridgehead atoms. The Labute approximate surface area is 279 Å². The molecular weight excluding hydrogens is 687 g/mol. The fourth-order valence-corrected chi connectivity index (χ4v) is 13.8. The largest absolute Gasteiger partial charge is 0.254 e. The Balaban J connectivity index is 0.000000137. The van der Waals surface area contributed by atoms with Crippen LogP contribution in [0.2, 0.25) is 0 Å². The van der Waals surface area contributed by atoms with Gasteiger partial charge in [-0.25, -0.2) is 0 Å². The Kier molecular flexibility index (Phi) is 14.4. The third-order valence-electron chi connectivity index (χ3n) is 9.67. The van der Waals surface area contributed by atoms with Crippen molar-refractivity contribution in [3.05, 3.63) is 84.7 Å². The molecule has 3 aliphatic rings. The second-order valence-corrected chi connectivity index (χ2v) is 21.4. The van der Waals surface area contributed by atoms with Crippen molar-refractivity contribution in [1.82, 2.24) is 9.97 Å². The van der Waals surface area contributed by atoms with Crippen molar-refractivity contribution in [2.75, 3.05) is 0 Å². The fraction of sp³-hybridized carbons (Fsp3) is 0.474. The summed E-state index contributed by atoms with van der Waals surface area (Å²) in [6.45, 7) is 0. The summed E-state index contributed by atoms with van der Waals surface area (Å²) in [7, 11) is 11.1. The SMILES string of the molecule is C1CCC([PH+](C2CCCCC2)C2CCCCC2)CC1.[Cl][Ru]([Cl])=[C]=Cc1ccccc1.c1cnc2c(c1)ccc1cccnc12. The van der Waals surface area contributed by atoms with Crippen LogP contribution in [0.15, 0.2) is 79.1 Å². The first-order valence-corrected chi connectivity index (χ1v) is 23.9.